The maximum Gasteiger partial charge on any atom is 0.123 e. The van der Waals surface area contributed by atoms with E-state index < -0.39 is 0 Å². The third kappa shape index (κ3) is 11.0. The molecule has 3 heteroatoms. The number of benzene rings is 3. The van der Waals surface area contributed by atoms with Gasteiger partial charge in [0.1, 0.15) is 5.75 Å². The minimum absolute atomic E-state index is 0.153. The lowest BCUT2D eigenvalue weighted by Gasteiger charge is -2.35. The molecule has 2 unspecified atom stereocenters. The molecule has 0 saturated heterocycles. The van der Waals surface area contributed by atoms with E-state index in [0.29, 0.717) is 29.0 Å². The highest BCUT2D eigenvalue weighted by Gasteiger charge is 2.28. The average molecular weight is 641 g/mol. The zero-order chi connectivity index (χ0) is 35.5. The lowest BCUT2D eigenvalue weighted by molar-refractivity contribution is 0.306. The number of phenolic OH excluding ortho intramolecular Hbond substituents is 1. The molecule has 2 atom stereocenters. The van der Waals surface area contributed by atoms with Crippen LogP contribution in [-0.2, 0) is 29.3 Å². The van der Waals surface area contributed by atoms with Crippen LogP contribution in [-0.4, -0.2) is 11.1 Å². The fourth-order valence-corrected chi connectivity index (χ4v) is 7.18. The van der Waals surface area contributed by atoms with Crippen molar-refractivity contribution in [1.29, 1.82) is 0 Å². The normalized spacial score (nSPS) is 14.3. The molecular weight excluding hydrogens is 572 g/mol. The molecule has 47 heavy (non-hydrogen) atoms. The molecule has 0 bridgehead atoms. The van der Waals surface area contributed by atoms with Gasteiger partial charge in [-0.25, -0.2) is 0 Å². The number of hydrogen-bond acceptors (Lipinski definition) is 3. The van der Waals surface area contributed by atoms with Gasteiger partial charge in [-0.05, 0) is 132 Å². The summed E-state index contributed by atoms with van der Waals surface area (Å²) in [5, 5.41) is 15.1. The van der Waals surface area contributed by atoms with E-state index >= 15 is 0 Å². The molecule has 2 N–H and O–H groups in total. The quantitative estimate of drug-likeness (QED) is 0.207. The Bertz CT molecular complexity index is 1390. The molecule has 3 aromatic carbocycles. The Hall–Kier alpha value is -2.94. The Morgan fingerprint density at radius 2 is 1.19 bits per heavy atom. The Labute approximate surface area is 289 Å². The van der Waals surface area contributed by atoms with Crippen LogP contribution in [0.3, 0.4) is 0 Å². The van der Waals surface area contributed by atoms with Crippen molar-refractivity contribution in [3.05, 3.63) is 88.5 Å². The fraction of sp³-hybridized carbons (Fsp3) is 0.591. The first-order valence-corrected chi connectivity index (χ1v) is 18.1. The lowest BCUT2D eigenvalue weighted by Crippen LogP contribution is -2.34. The van der Waals surface area contributed by atoms with Crippen molar-refractivity contribution in [3.8, 4) is 5.75 Å². The molecule has 260 valence electrons. The van der Waals surface area contributed by atoms with E-state index in [2.05, 4.69) is 175 Å². The lowest BCUT2D eigenvalue weighted by atomic mass is 9.78. The van der Waals surface area contributed by atoms with Crippen LogP contribution < -0.4 is 10.2 Å². The molecule has 0 spiro atoms. The topological polar surface area (TPSA) is 35.5 Å². The summed E-state index contributed by atoms with van der Waals surface area (Å²) in [7, 11) is 0. The number of hydrogen-bond donors (Lipinski definition) is 2. The Balaban J connectivity index is 1.86. The second-order valence-electron chi connectivity index (χ2n) is 18.7. The highest BCUT2D eigenvalue weighted by molar-refractivity contribution is 5.58. The first-order valence-electron chi connectivity index (χ1n) is 18.1. The molecule has 3 nitrogen and oxygen atoms in total. The van der Waals surface area contributed by atoms with E-state index in [-0.39, 0.29) is 16.4 Å². The summed E-state index contributed by atoms with van der Waals surface area (Å²) in [5.41, 5.74) is 8.17. The SMILES string of the molecule is CC(C)CC(C)N(Cc1cc(C(C)(C)C)c(O)c(C(C)(C)C)c1)c1ccc(NC(C)(C)c2ccc(CC(C)CC(C)(C)C)cc2)cc1. The van der Waals surface area contributed by atoms with Crippen LogP contribution in [0.4, 0.5) is 11.4 Å². The van der Waals surface area contributed by atoms with Gasteiger partial charge in [0, 0.05) is 24.0 Å². The van der Waals surface area contributed by atoms with Gasteiger partial charge in [0.2, 0.25) is 0 Å². The molecular formula is C44H68N2O. The third-order valence-electron chi connectivity index (χ3n) is 9.36. The summed E-state index contributed by atoms with van der Waals surface area (Å²) in [6.45, 7) is 34.8. The molecule has 0 aliphatic heterocycles. The average Bonchev–Trinajstić information content (AvgIpc) is 2.90. The third-order valence-corrected chi connectivity index (χ3v) is 9.36. The first kappa shape index (κ1) is 38.5. The molecule has 0 radical (unpaired) electrons. The first-order chi connectivity index (χ1) is 21.5. The van der Waals surface area contributed by atoms with Crippen molar-refractivity contribution in [2.24, 2.45) is 17.3 Å². The van der Waals surface area contributed by atoms with E-state index in [9.17, 15) is 5.11 Å². The molecule has 0 saturated carbocycles. The Morgan fingerprint density at radius 3 is 1.64 bits per heavy atom. The molecule has 0 fully saturated rings. The van der Waals surface area contributed by atoms with Gasteiger partial charge < -0.3 is 15.3 Å². The summed E-state index contributed by atoms with van der Waals surface area (Å²) >= 11 is 0. The molecule has 3 rings (SSSR count). The summed E-state index contributed by atoms with van der Waals surface area (Å²) in [6.07, 6.45) is 3.46. The van der Waals surface area contributed by atoms with Crippen molar-refractivity contribution in [2.75, 3.05) is 10.2 Å². The van der Waals surface area contributed by atoms with E-state index in [0.717, 1.165) is 36.2 Å². The van der Waals surface area contributed by atoms with Gasteiger partial charge >= 0.3 is 0 Å². The van der Waals surface area contributed by atoms with Gasteiger partial charge in [-0.1, -0.05) is 107 Å². The van der Waals surface area contributed by atoms with Crippen LogP contribution >= 0.6 is 0 Å². The molecule has 0 aliphatic rings. The number of anilines is 2. The highest BCUT2D eigenvalue weighted by atomic mass is 16.3. The number of nitrogens with one attached hydrogen (secondary N) is 1. The van der Waals surface area contributed by atoms with Gasteiger partial charge in [0.25, 0.3) is 0 Å². The molecule has 0 amide bonds. The van der Waals surface area contributed by atoms with E-state index in [4.69, 9.17) is 0 Å². The van der Waals surface area contributed by atoms with Crippen molar-refractivity contribution in [3.63, 3.8) is 0 Å². The van der Waals surface area contributed by atoms with Crippen molar-refractivity contribution in [1.82, 2.24) is 0 Å². The zero-order valence-electron chi connectivity index (χ0n) is 32.7. The highest BCUT2D eigenvalue weighted by Crippen LogP contribution is 2.40. The zero-order valence-corrected chi connectivity index (χ0v) is 32.7. The van der Waals surface area contributed by atoms with E-state index in [1.165, 1.54) is 28.8 Å². The molecule has 0 aromatic heterocycles. The summed E-state index contributed by atoms with van der Waals surface area (Å²) in [5.74, 6) is 1.71. The number of phenols is 1. The molecule has 0 aliphatic carbocycles. The van der Waals surface area contributed by atoms with Crippen LogP contribution in [0.25, 0.3) is 0 Å². The van der Waals surface area contributed by atoms with Gasteiger partial charge in [-0.2, -0.15) is 0 Å². The second kappa shape index (κ2) is 14.7. The van der Waals surface area contributed by atoms with Crippen LogP contribution in [0.2, 0.25) is 0 Å². The van der Waals surface area contributed by atoms with Gasteiger partial charge in [0.05, 0.1) is 5.54 Å². The largest absolute Gasteiger partial charge is 0.507 e. The minimum Gasteiger partial charge on any atom is -0.507 e. The number of nitrogens with zero attached hydrogens (tertiary/aromatic N) is 1. The van der Waals surface area contributed by atoms with Crippen LogP contribution in [0.1, 0.15) is 145 Å². The predicted octanol–water partition coefficient (Wildman–Crippen LogP) is 12.4. The summed E-state index contributed by atoms with van der Waals surface area (Å²) in [6, 6.07) is 23.0. The van der Waals surface area contributed by atoms with Crippen LogP contribution in [0, 0.1) is 17.3 Å². The number of aromatic hydroxyl groups is 1. The van der Waals surface area contributed by atoms with Crippen LogP contribution in [0.15, 0.2) is 60.7 Å². The Kier molecular flexibility index (Phi) is 12.0. The maximum absolute atomic E-state index is 11.3. The maximum atomic E-state index is 11.3. The molecule has 3 aromatic rings. The van der Waals surface area contributed by atoms with Crippen LogP contribution in [0.5, 0.6) is 5.75 Å². The summed E-state index contributed by atoms with van der Waals surface area (Å²) in [4.78, 5) is 2.54. The molecule has 0 heterocycles. The monoisotopic (exact) mass is 641 g/mol. The number of rotatable bonds is 12. The fourth-order valence-electron chi connectivity index (χ4n) is 7.18. The van der Waals surface area contributed by atoms with Gasteiger partial charge in [0.15, 0.2) is 0 Å². The predicted molar refractivity (Wildman–Crippen MR) is 207 cm³/mol. The van der Waals surface area contributed by atoms with Crippen molar-refractivity contribution >= 4 is 11.4 Å². The van der Waals surface area contributed by atoms with E-state index in [1.807, 2.05) is 0 Å². The smallest absolute Gasteiger partial charge is 0.123 e. The standard InChI is InChI=1S/C44H68N2O/c1-30(2)24-32(4)46(29-34-26-38(42(8,9)10)40(47)39(27-34)43(11,12)13)37-22-20-36(21-23-37)45-44(14,15)35-18-16-33(17-19-35)25-31(3)28-41(5,6)7/h16-23,26-27,30-32,45,47H,24-25,28-29H2,1-15H3. The summed E-state index contributed by atoms with van der Waals surface area (Å²) < 4.78 is 0. The second-order valence-corrected chi connectivity index (χ2v) is 18.7. The minimum atomic E-state index is -0.208. The van der Waals surface area contributed by atoms with Crippen molar-refractivity contribution in [2.45, 2.75) is 152 Å². The van der Waals surface area contributed by atoms with Gasteiger partial charge in [-0.15, -0.1) is 0 Å². The van der Waals surface area contributed by atoms with Gasteiger partial charge in [-0.3, -0.25) is 0 Å². The Morgan fingerprint density at radius 1 is 0.681 bits per heavy atom. The van der Waals surface area contributed by atoms with Crippen molar-refractivity contribution < 1.29 is 5.11 Å². The van der Waals surface area contributed by atoms with E-state index in [1.54, 1.807) is 0 Å².